The lowest BCUT2D eigenvalue weighted by Crippen LogP contribution is -2.19. The van der Waals surface area contributed by atoms with Crippen LogP contribution >= 0.6 is 0 Å². The Balaban J connectivity index is 2.21. The molecule has 0 aliphatic rings. The van der Waals surface area contributed by atoms with E-state index >= 15 is 0 Å². The first kappa shape index (κ1) is 14.0. The van der Waals surface area contributed by atoms with Gasteiger partial charge in [-0.2, -0.15) is 5.10 Å². The number of rotatable bonds is 6. The molecule has 1 N–H and O–H groups in total. The second kappa shape index (κ2) is 8.98. The lowest BCUT2D eigenvalue weighted by molar-refractivity contribution is 0.145. The minimum Gasteiger partial charge on any atom is -0.448 e. The maximum Gasteiger partial charge on any atom is 0.427 e. The van der Waals surface area contributed by atoms with Crippen LogP contribution in [0.25, 0.3) is 6.08 Å². The molecule has 1 aromatic rings. The molecule has 0 aromatic heterocycles. The second-order valence-corrected chi connectivity index (χ2v) is 3.65. The molecule has 4 heteroatoms. The van der Waals surface area contributed by atoms with Crippen LogP contribution in [-0.4, -0.2) is 18.9 Å². The highest BCUT2D eigenvalue weighted by Crippen LogP contribution is 1.99. The first-order valence-electron chi connectivity index (χ1n) is 6.00. The standard InChI is InChI=1S/C14H18N2O2/c1-2-3-12-18-14(17)16-15-11-7-10-13-8-5-4-6-9-13/h4-11H,2-3,12H2,1H3,(H,16,17)/b10-7+,15-11?. The molecule has 0 atom stereocenters. The van der Waals surface area contributed by atoms with Gasteiger partial charge in [-0.3, -0.25) is 0 Å². The van der Waals surface area contributed by atoms with Gasteiger partial charge in [0.25, 0.3) is 0 Å². The monoisotopic (exact) mass is 246 g/mol. The average molecular weight is 246 g/mol. The van der Waals surface area contributed by atoms with E-state index in [9.17, 15) is 4.79 Å². The van der Waals surface area contributed by atoms with Crippen LogP contribution in [0.1, 0.15) is 25.3 Å². The van der Waals surface area contributed by atoms with Gasteiger partial charge in [-0.25, -0.2) is 10.2 Å². The zero-order valence-corrected chi connectivity index (χ0v) is 10.5. The lowest BCUT2D eigenvalue weighted by Gasteiger charge is -2.00. The normalized spacial score (nSPS) is 10.9. The summed E-state index contributed by atoms with van der Waals surface area (Å²) in [6, 6.07) is 9.84. The van der Waals surface area contributed by atoms with Crippen molar-refractivity contribution >= 4 is 18.4 Å². The Hall–Kier alpha value is -2.10. The molecular formula is C14H18N2O2. The van der Waals surface area contributed by atoms with Gasteiger partial charge in [-0.05, 0) is 18.1 Å². The van der Waals surface area contributed by atoms with Gasteiger partial charge < -0.3 is 4.74 Å². The molecule has 0 heterocycles. The van der Waals surface area contributed by atoms with Crippen LogP contribution in [0.3, 0.4) is 0 Å². The summed E-state index contributed by atoms with van der Waals surface area (Å²) in [7, 11) is 0. The molecule has 0 aliphatic heterocycles. The summed E-state index contributed by atoms with van der Waals surface area (Å²) in [6.45, 7) is 2.46. The molecular weight excluding hydrogens is 228 g/mol. The topological polar surface area (TPSA) is 50.7 Å². The van der Waals surface area contributed by atoms with Crippen molar-refractivity contribution in [2.75, 3.05) is 6.61 Å². The Bertz CT molecular complexity index is 400. The fourth-order valence-corrected chi connectivity index (χ4v) is 1.19. The molecule has 0 saturated heterocycles. The van der Waals surface area contributed by atoms with Gasteiger partial charge in [0.05, 0.1) is 6.61 Å². The van der Waals surface area contributed by atoms with E-state index in [0.29, 0.717) is 6.61 Å². The molecule has 0 fully saturated rings. The highest BCUT2D eigenvalue weighted by molar-refractivity contribution is 5.79. The number of unbranched alkanes of at least 4 members (excludes halogenated alkanes) is 1. The van der Waals surface area contributed by atoms with Crippen LogP contribution in [0, 0.1) is 0 Å². The highest BCUT2D eigenvalue weighted by atomic mass is 16.5. The highest BCUT2D eigenvalue weighted by Gasteiger charge is 1.96. The molecule has 18 heavy (non-hydrogen) atoms. The number of ether oxygens (including phenoxy) is 1. The van der Waals surface area contributed by atoms with E-state index in [4.69, 9.17) is 4.74 Å². The predicted molar refractivity (Wildman–Crippen MR) is 73.4 cm³/mol. The van der Waals surface area contributed by atoms with Crippen molar-refractivity contribution < 1.29 is 9.53 Å². The summed E-state index contributed by atoms with van der Waals surface area (Å²) in [6.07, 6.45) is 6.50. The largest absolute Gasteiger partial charge is 0.448 e. The number of benzene rings is 1. The van der Waals surface area contributed by atoms with Crippen LogP contribution in [0.5, 0.6) is 0 Å². The number of hydrogen-bond acceptors (Lipinski definition) is 3. The number of carbonyl (C=O) groups excluding carboxylic acids is 1. The van der Waals surface area contributed by atoms with E-state index in [0.717, 1.165) is 18.4 Å². The van der Waals surface area contributed by atoms with Gasteiger partial charge in [0.1, 0.15) is 0 Å². The summed E-state index contributed by atoms with van der Waals surface area (Å²) in [5.41, 5.74) is 3.36. The van der Waals surface area contributed by atoms with Gasteiger partial charge >= 0.3 is 6.09 Å². The molecule has 0 radical (unpaired) electrons. The van der Waals surface area contributed by atoms with Crippen molar-refractivity contribution in [3.63, 3.8) is 0 Å². The van der Waals surface area contributed by atoms with Crippen molar-refractivity contribution in [3.8, 4) is 0 Å². The second-order valence-electron chi connectivity index (χ2n) is 3.65. The zero-order chi connectivity index (χ0) is 13.1. The van der Waals surface area contributed by atoms with E-state index < -0.39 is 6.09 Å². The van der Waals surface area contributed by atoms with E-state index in [-0.39, 0.29) is 0 Å². The number of carbonyl (C=O) groups is 1. The Kier molecular flexibility index (Phi) is 6.97. The van der Waals surface area contributed by atoms with E-state index in [2.05, 4.69) is 10.5 Å². The molecule has 0 unspecified atom stereocenters. The quantitative estimate of drug-likeness (QED) is 0.476. The smallest absolute Gasteiger partial charge is 0.427 e. The molecule has 0 bridgehead atoms. The van der Waals surface area contributed by atoms with E-state index in [1.54, 1.807) is 6.08 Å². The Labute approximate surface area is 107 Å². The van der Waals surface area contributed by atoms with Gasteiger partial charge in [0, 0.05) is 6.21 Å². The van der Waals surface area contributed by atoms with Gasteiger partial charge in [-0.15, -0.1) is 0 Å². The van der Waals surface area contributed by atoms with Crippen LogP contribution in [0.15, 0.2) is 41.5 Å². The maximum atomic E-state index is 11.1. The van der Waals surface area contributed by atoms with E-state index in [1.165, 1.54) is 6.21 Å². The van der Waals surface area contributed by atoms with Crippen LogP contribution in [0.2, 0.25) is 0 Å². The number of nitrogens with one attached hydrogen (secondary N) is 1. The maximum absolute atomic E-state index is 11.1. The molecule has 0 aliphatic carbocycles. The average Bonchev–Trinajstić information content (AvgIpc) is 2.40. The summed E-state index contributed by atoms with van der Waals surface area (Å²) < 4.78 is 4.86. The SMILES string of the molecule is CCCCOC(=O)NN=C/C=C/c1ccccc1. The van der Waals surface area contributed by atoms with Crippen LogP contribution in [-0.2, 0) is 4.74 Å². The van der Waals surface area contributed by atoms with Gasteiger partial charge in [0.15, 0.2) is 0 Å². The number of hydrogen-bond donors (Lipinski definition) is 1. The molecule has 0 saturated carbocycles. The molecule has 1 aromatic carbocycles. The lowest BCUT2D eigenvalue weighted by atomic mass is 10.2. The molecule has 1 rings (SSSR count). The molecule has 0 spiro atoms. The third-order valence-corrected chi connectivity index (χ3v) is 2.14. The van der Waals surface area contributed by atoms with Crippen molar-refractivity contribution in [1.29, 1.82) is 0 Å². The fourth-order valence-electron chi connectivity index (χ4n) is 1.19. The number of nitrogens with zero attached hydrogens (tertiary/aromatic N) is 1. The third-order valence-electron chi connectivity index (χ3n) is 2.14. The van der Waals surface area contributed by atoms with Crippen LogP contribution in [0.4, 0.5) is 4.79 Å². The predicted octanol–water partition coefficient (Wildman–Crippen LogP) is 3.21. The van der Waals surface area contributed by atoms with Crippen molar-refractivity contribution in [2.45, 2.75) is 19.8 Å². The molecule has 1 amide bonds. The molecule has 4 nitrogen and oxygen atoms in total. The Morgan fingerprint density at radius 2 is 2.17 bits per heavy atom. The zero-order valence-electron chi connectivity index (χ0n) is 10.5. The third kappa shape index (κ3) is 6.48. The van der Waals surface area contributed by atoms with Gasteiger partial charge in [-0.1, -0.05) is 49.8 Å². The van der Waals surface area contributed by atoms with E-state index in [1.807, 2.05) is 43.3 Å². The van der Waals surface area contributed by atoms with Crippen molar-refractivity contribution in [1.82, 2.24) is 5.43 Å². The number of amides is 1. The fraction of sp³-hybridized carbons (Fsp3) is 0.286. The van der Waals surface area contributed by atoms with Crippen molar-refractivity contribution in [3.05, 3.63) is 42.0 Å². The summed E-state index contributed by atoms with van der Waals surface area (Å²) in [4.78, 5) is 11.1. The first-order chi connectivity index (χ1) is 8.83. The minimum atomic E-state index is -0.521. The summed E-state index contributed by atoms with van der Waals surface area (Å²) in [5.74, 6) is 0. The van der Waals surface area contributed by atoms with Crippen molar-refractivity contribution in [2.24, 2.45) is 5.10 Å². The molecule has 96 valence electrons. The Morgan fingerprint density at radius 1 is 1.39 bits per heavy atom. The summed E-state index contributed by atoms with van der Waals surface area (Å²) in [5, 5.41) is 3.73. The minimum absolute atomic E-state index is 0.428. The number of hydrazone groups is 1. The Morgan fingerprint density at radius 3 is 2.89 bits per heavy atom. The van der Waals surface area contributed by atoms with Crippen LogP contribution < -0.4 is 5.43 Å². The van der Waals surface area contributed by atoms with Gasteiger partial charge in [0.2, 0.25) is 0 Å². The first-order valence-corrected chi connectivity index (χ1v) is 6.00. The summed E-state index contributed by atoms with van der Waals surface area (Å²) >= 11 is 0. The number of allylic oxidation sites excluding steroid dienone is 1.